The molecule has 1 aliphatic carbocycles. The van der Waals surface area contributed by atoms with Crippen LogP contribution in [0.3, 0.4) is 0 Å². The second-order valence-corrected chi connectivity index (χ2v) is 15.4. The number of ether oxygens (including phenoxy) is 3. The zero-order valence-electron chi connectivity index (χ0n) is 31.8. The number of nitrogens with one attached hydrogen (secondary N) is 1. The number of benzene rings is 2. The number of pyridine rings is 1. The Balaban J connectivity index is 1.41. The Bertz CT molecular complexity index is 1760. The fourth-order valence-corrected chi connectivity index (χ4v) is 7.53. The molecule has 2 aliphatic rings. The van der Waals surface area contributed by atoms with Crippen molar-refractivity contribution in [3.05, 3.63) is 106 Å². The molecule has 0 saturated carbocycles. The van der Waals surface area contributed by atoms with Crippen molar-refractivity contribution in [1.82, 2.24) is 15.2 Å². The fourth-order valence-electron chi connectivity index (χ4n) is 7.29. The summed E-state index contributed by atoms with van der Waals surface area (Å²) >= 11 is 6.96. The number of nitriles is 1. The summed E-state index contributed by atoms with van der Waals surface area (Å²) in [6.45, 7) is 9.90. The van der Waals surface area contributed by atoms with E-state index in [0.29, 0.717) is 46.6 Å². The van der Waals surface area contributed by atoms with Crippen molar-refractivity contribution in [1.29, 1.82) is 5.26 Å². The minimum Gasteiger partial charge on any atom is -0.488 e. The van der Waals surface area contributed by atoms with Crippen LogP contribution in [0, 0.1) is 22.7 Å². The molecule has 2 heterocycles. The maximum Gasteiger partial charge on any atom is 0.141 e. The molecule has 2 atom stereocenters. The van der Waals surface area contributed by atoms with Crippen molar-refractivity contribution in [2.75, 3.05) is 52.7 Å². The molecule has 0 spiro atoms. The van der Waals surface area contributed by atoms with Gasteiger partial charge in [-0.2, -0.15) is 5.26 Å². The van der Waals surface area contributed by atoms with Gasteiger partial charge >= 0.3 is 0 Å². The Morgan fingerprint density at radius 2 is 1.87 bits per heavy atom. The summed E-state index contributed by atoms with van der Waals surface area (Å²) in [5.41, 5.74) is 1.84. The van der Waals surface area contributed by atoms with Crippen LogP contribution in [0.1, 0.15) is 68.7 Å². The Morgan fingerprint density at radius 1 is 1.07 bits per heavy atom. The van der Waals surface area contributed by atoms with E-state index in [0.717, 1.165) is 55.6 Å². The molecule has 54 heavy (non-hydrogen) atoms. The number of nitrogens with zero attached hydrogens (tertiary/aromatic N) is 3. The molecule has 2 aromatic carbocycles. The summed E-state index contributed by atoms with van der Waals surface area (Å²) in [4.78, 5) is 6.59. The zero-order valence-corrected chi connectivity index (χ0v) is 32.5. The largest absolute Gasteiger partial charge is 0.488 e. The second-order valence-electron chi connectivity index (χ2n) is 15.0. The number of aliphatic hydroxyl groups is 3. The molecular weight excluding hydrogens is 704 g/mol. The smallest absolute Gasteiger partial charge is 0.141 e. The van der Waals surface area contributed by atoms with Gasteiger partial charge in [0, 0.05) is 67.8 Å². The Morgan fingerprint density at radius 3 is 2.59 bits per heavy atom. The number of rotatable bonds is 19. The molecule has 1 fully saturated rings. The number of aromatic nitrogens is 1. The minimum atomic E-state index is -0.884. The molecule has 290 valence electrons. The molecule has 11 heteroatoms. The number of halogens is 1. The van der Waals surface area contributed by atoms with E-state index in [9.17, 15) is 20.6 Å². The summed E-state index contributed by atoms with van der Waals surface area (Å²) in [5, 5.41) is 42.9. The van der Waals surface area contributed by atoms with E-state index in [-0.39, 0.29) is 39.6 Å². The molecule has 0 bridgehead atoms. The molecule has 1 aliphatic heterocycles. The van der Waals surface area contributed by atoms with E-state index in [1.165, 1.54) is 6.20 Å². The van der Waals surface area contributed by atoms with Gasteiger partial charge < -0.3 is 39.7 Å². The maximum absolute atomic E-state index is 10.1. The van der Waals surface area contributed by atoms with Crippen LogP contribution >= 0.6 is 11.6 Å². The zero-order chi connectivity index (χ0) is 38.6. The van der Waals surface area contributed by atoms with Gasteiger partial charge in [0.25, 0.3) is 0 Å². The van der Waals surface area contributed by atoms with Gasteiger partial charge in [0.1, 0.15) is 36.4 Å². The van der Waals surface area contributed by atoms with E-state index in [4.69, 9.17) is 25.8 Å². The molecule has 5 rings (SSSR count). The highest BCUT2D eigenvalue weighted by Crippen LogP contribution is 2.49. The highest BCUT2D eigenvalue weighted by molar-refractivity contribution is 6.32. The van der Waals surface area contributed by atoms with Crippen LogP contribution < -0.4 is 14.8 Å². The summed E-state index contributed by atoms with van der Waals surface area (Å²) in [5.74, 6) is 1.24. The molecule has 3 aromatic rings. The first-order chi connectivity index (χ1) is 26.1. The summed E-state index contributed by atoms with van der Waals surface area (Å²) in [6, 6.07) is 17.7. The quantitative estimate of drug-likeness (QED) is 0.103. The van der Waals surface area contributed by atoms with Gasteiger partial charge in [-0.05, 0) is 67.5 Å². The molecule has 1 saturated heterocycles. The van der Waals surface area contributed by atoms with Crippen LogP contribution in [0.4, 0.5) is 0 Å². The lowest BCUT2D eigenvalue weighted by molar-refractivity contribution is -0.0931. The Labute approximate surface area is 325 Å². The SMILES string of the molecule is CCC(CO)(CO)NCc1cc(Cl)c(OCC2(OCCCN3CCCC(CO)C3)C=CC=C(c3ccccc3)C2(C)C)cc1OCc1cncc(C#N)c1. The molecule has 4 N–H and O–H groups in total. The molecule has 0 radical (unpaired) electrons. The number of likely N-dealkylation sites (tertiary alicyclic amines) is 1. The highest BCUT2D eigenvalue weighted by Gasteiger charge is 2.49. The molecule has 2 unspecified atom stereocenters. The minimum absolute atomic E-state index is 0.139. The van der Waals surface area contributed by atoms with Gasteiger partial charge in [-0.1, -0.05) is 74.9 Å². The van der Waals surface area contributed by atoms with E-state index in [1.54, 1.807) is 24.4 Å². The first-order valence-electron chi connectivity index (χ1n) is 18.9. The van der Waals surface area contributed by atoms with Crippen molar-refractivity contribution < 1.29 is 29.5 Å². The number of aliphatic hydroxyl groups excluding tert-OH is 3. The number of piperidine rings is 1. The Kier molecular flexibility index (Phi) is 14.7. The number of allylic oxidation sites excluding steroid dienone is 2. The van der Waals surface area contributed by atoms with Crippen molar-refractivity contribution in [2.45, 2.75) is 70.7 Å². The van der Waals surface area contributed by atoms with Crippen molar-refractivity contribution in [3.63, 3.8) is 0 Å². The molecule has 1 aromatic heterocycles. The number of hydrogen-bond acceptors (Lipinski definition) is 10. The predicted octanol–water partition coefficient (Wildman–Crippen LogP) is 6.32. The van der Waals surface area contributed by atoms with Crippen molar-refractivity contribution >= 4 is 17.2 Å². The maximum atomic E-state index is 10.1. The second kappa shape index (κ2) is 19.2. The standard InChI is InChI=1S/C43H55ClN4O6/c1-4-42(29-50,30-51)47-25-36-20-38(44)40(21-39(36)52-28-34-19-33(22-45)23-46-24-34)53-31-43(54-18-10-17-48-16-9-11-32(26-48)27-49)15-8-14-37(41(43,2)3)35-12-6-5-7-13-35/h5-8,12-15,19-21,23-24,32,47,49-51H,4,9-11,16-18,25-31H2,1-3H3. The predicted molar refractivity (Wildman–Crippen MR) is 211 cm³/mol. The first kappa shape index (κ1) is 41.4. The van der Waals surface area contributed by atoms with Crippen LogP contribution in [-0.2, 0) is 17.9 Å². The lowest BCUT2D eigenvalue weighted by atomic mass is 9.65. The molecular formula is C43H55ClN4O6. The van der Waals surface area contributed by atoms with E-state index < -0.39 is 16.6 Å². The van der Waals surface area contributed by atoms with Crippen LogP contribution in [0.2, 0.25) is 5.02 Å². The first-order valence-corrected chi connectivity index (χ1v) is 19.3. The highest BCUT2D eigenvalue weighted by atomic mass is 35.5. The monoisotopic (exact) mass is 758 g/mol. The summed E-state index contributed by atoms with van der Waals surface area (Å²) < 4.78 is 19.9. The van der Waals surface area contributed by atoms with E-state index in [1.807, 2.05) is 31.2 Å². The third-order valence-corrected chi connectivity index (χ3v) is 11.4. The van der Waals surface area contributed by atoms with Gasteiger partial charge in [0.2, 0.25) is 0 Å². The van der Waals surface area contributed by atoms with E-state index in [2.05, 4.69) is 59.4 Å². The normalized spacial score (nSPS) is 20.0. The van der Waals surface area contributed by atoms with Crippen LogP contribution in [0.25, 0.3) is 5.57 Å². The van der Waals surface area contributed by atoms with Crippen LogP contribution in [0.5, 0.6) is 11.5 Å². The van der Waals surface area contributed by atoms with Crippen molar-refractivity contribution in [3.8, 4) is 17.6 Å². The number of hydrogen-bond donors (Lipinski definition) is 4. The van der Waals surface area contributed by atoms with Gasteiger partial charge in [0.05, 0.1) is 29.3 Å². The van der Waals surface area contributed by atoms with Gasteiger partial charge in [-0.15, -0.1) is 0 Å². The summed E-state index contributed by atoms with van der Waals surface area (Å²) in [6.07, 6.45) is 12.9. The average molecular weight is 759 g/mol. The third-order valence-electron chi connectivity index (χ3n) is 11.1. The van der Waals surface area contributed by atoms with Crippen LogP contribution in [0.15, 0.2) is 79.2 Å². The van der Waals surface area contributed by atoms with Gasteiger partial charge in [-0.25, -0.2) is 0 Å². The van der Waals surface area contributed by atoms with E-state index >= 15 is 0 Å². The average Bonchev–Trinajstić information content (AvgIpc) is 3.20. The van der Waals surface area contributed by atoms with Crippen molar-refractivity contribution in [2.24, 2.45) is 11.3 Å². The lowest BCUT2D eigenvalue weighted by Gasteiger charge is -2.47. The van der Waals surface area contributed by atoms with Gasteiger partial charge in [0.15, 0.2) is 0 Å². The Hall–Kier alpha value is -3.79. The van der Waals surface area contributed by atoms with Gasteiger partial charge in [-0.3, -0.25) is 4.98 Å². The molecule has 10 nitrogen and oxygen atoms in total. The van der Waals surface area contributed by atoms with Crippen LogP contribution in [-0.4, -0.2) is 89.0 Å². The fraction of sp³-hybridized carbons (Fsp3) is 0.488. The lowest BCUT2D eigenvalue weighted by Crippen LogP contribution is -2.52. The summed E-state index contributed by atoms with van der Waals surface area (Å²) in [7, 11) is 0. The topological polar surface area (TPSA) is 140 Å². The molecule has 0 amide bonds. The third kappa shape index (κ3) is 9.89.